The van der Waals surface area contributed by atoms with Gasteiger partial charge in [-0.3, -0.25) is 14.4 Å². The van der Waals surface area contributed by atoms with E-state index in [2.05, 4.69) is 81.5 Å². The van der Waals surface area contributed by atoms with Gasteiger partial charge in [0.15, 0.2) is 6.10 Å². The Morgan fingerprint density at radius 2 is 0.507 bits per heavy atom. The van der Waals surface area contributed by atoms with Crippen LogP contribution in [0.2, 0.25) is 0 Å². The van der Waals surface area contributed by atoms with Gasteiger partial charge in [-0.25, -0.2) is 0 Å². The van der Waals surface area contributed by atoms with Gasteiger partial charge in [-0.15, -0.1) is 0 Å². The third kappa shape index (κ3) is 57.9. The van der Waals surface area contributed by atoms with Crippen LogP contribution < -0.4 is 0 Å². The molecule has 412 valence electrons. The van der Waals surface area contributed by atoms with Gasteiger partial charge < -0.3 is 14.2 Å². The van der Waals surface area contributed by atoms with Crippen molar-refractivity contribution in [2.24, 2.45) is 0 Å². The van der Waals surface area contributed by atoms with Crippen molar-refractivity contribution < 1.29 is 28.6 Å². The molecule has 0 aliphatic heterocycles. The number of hydrogen-bond acceptors (Lipinski definition) is 6. The second-order valence-electron chi connectivity index (χ2n) is 20.6. The van der Waals surface area contributed by atoms with Crippen LogP contribution in [0, 0.1) is 0 Å². The fraction of sp³-hybridized carbons (Fsp3) is 0.800. The quantitative estimate of drug-likeness (QED) is 0.0261. The molecule has 1 atom stereocenters. The summed E-state index contributed by atoms with van der Waals surface area (Å²) in [7, 11) is 0. The summed E-state index contributed by atoms with van der Waals surface area (Å²) in [5.74, 6) is -0.905. The second-order valence-corrected chi connectivity index (χ2v) is 20.6. The zero-order valence-electron chi connectivity index (χ0n) is 47.2. The zero-order chi connectivity index (χ0) is 51.4. The Morgan fingerprint density at radius 1 is 0.282 bits per heavy atom. The monoisotopic (exact) mass is 993 g/mol. The van der Waals surface area contributed by atoms with E-state index in [1.165, 1.54) is 173 Å². The van der Waals surface area contributed by atoms with Gasteiger partial charge >= 0.3 is 17.9 Å². The lowest BCUT2D eigenvalue weighted by atomic mass is 10.0. The Labute approximate surface area is 440 Å². The van der Waals surface area contributed by atoms with E-state index in [1.54, 1.807) is 0 Å². The predicted molar refractivity (Wildman–Crippen MR) is 307 cm³/mol. The van der Waals surface area contributed by atoms with Gasteiger partial charge in [-0.05, 0) is 89.9 Å². The summed E-state index contributed by atoms with van der Waals surface area (Å²) in [5.41, 5.74) is 0. The van der Waals surface area contributed by atoms with Crippen LogP contribution >= 0.6 is 0 Å². The Balaban J connectivity index is 4.38. The van der Waals surface area contributed by atoms with Crippen molar-refractivity contribution >= 4 is 17.9 Å². The Kier molecular flexibility index (Phi) is 57.2. The minimum Gasteiger partial charge on any atom is -0.462 e. The minimum atomic E-state index is -0.788. The molecule has 0 saturated carbocycles. The summed E-state index contributed by atoms with van der Waals surface area (Å²) in [6.45, 7) is 6.60. The van der Waals surface area contributed by atoms with Gasteiger partial charge in [-0.1, -0.05) is 268 Å². The smallest absolute Gasteiger partial charge is 0.306 e. The summed E-state index contributed by atoms with van der Waals surface area (Å²) in [6.07, 6.45) is 75.0. The molecule has 0 N–H and O–H groups in total. The summed E-state index contributed by atoms with van der Waals surface area (Å²) < 4.78 is 16.9. The third-order valence-electron chi connectivity index (χ3n) is 13.5. The number of carbonyl (C=O) groups is 3. The molecule has 0 amide bonds. The molecule has 0 aromatic heterocycles. The maximum absolute atomic E-state index is 12.9. The molecule has 0 aromatic rings. The van der Waals surface area contributed by atoms with Crippen molar-refractivity contribution in [2.75, 3.05) is 13.2 Å². The summed E-state index contributed by atoms with van der Waals surface area (Å²) in [6, 6.07) is 0. The highest BCUT2D eigenvalue weighted by Gasteiger charge is 2.19. The molecule has 6 heteroatoms. The average Bonchev–Trinajstić information content (AvgIpc) is 3.37. The number of ether oxygens (including phenoxy) is 3. The highest BCUT2D eigenvalue weighted by Crippen LogP contribution is 2.17. The first-order chi connectivity index (χ1) is 35.0. The van der Waals surface area contributed by atoms with Crippen molar-refractivity contribution in [3.63, 3.8) is 0 Å². The van der Waals surface area contributed by atoms with E-state index in [4.69, 9.17) is 14.2 Å². The lowest BCUT2D eigenvalue weighted by Crippen LogP contribution is -2.30. The number of rotatable bonds is 56. The van der Waals surface area contributed by atoms with Crippen LogP contribution in [0.15, 0.2) is 60.8 Å². The molecule has 0 aliphatic carbocycles. The normalized spacial score (nSPS) is 12.4. The number of esters is 3. The lowest BCUT2D eigenvalue weighted by molar-refractivity contribution is -0.167. The molecular weight excluding hydrogens is 877 g/mol. The van der Waals surface area contributed by atoms with Crippen LogP contribution in [0.25, 0.3) is 0 Å². The molecular formula is C65H116O6. The molecule has 0 aromatic carbocycles. The summed E-state index contributed by atoms with van der Waals surface area (Å²) in [5, 5.41) is 0. The largest absolute Gasteiger partial charge is 0.462 e. The zero-order valence-corrected chi connectivity index (χ0v) is 47.2. The molecule has 0 rings (SSSR count). The van der Waals surface area contributed by atoms with E-state index in [0.29, 0.717) is 19.3 Å². The van der Waals surface area contributed by atoms with Gasteiger partial charge in [0.2, 0.25) is 0 Å². The SMILES string of the molecule is CCCCC/C=C\C/C=C\C/C=C\CCCCCCC(=O)OC[C@H](COC(=O)CCCCCCC/C=C\C/C=C\CCCCC)OC(=O)CCCCCCCCCCCCCCCCCCCCCCC. The summed E-state index contributed by atoms with van der Waals surface area (Å²) >= 11 is 0. The number of allylic oxidation sites excluding steroid dienone is 10. The molecule has 0 radical (unpaired) electrons. The first-order valence-electron chi connectivity index (χ1n) is 30.8. The molecule has 0 spiro atoms. The molecule has 0 bridgehead atoms. The molecule has 6 nitrogen and oxygen atoms in total. The van der Waals surface area contributed by atoms with Gasteiger partial charge in [0.25, 0.3) is 0 Å². The molecule has 0 fully saturated rings. The predicted octanol–water partition coefficient (Wildman–Crippen LogP) is 20.8. The van der Waals surface area contributed by atoms with Crippen LogP contribution in [0.1, 0.15) is 316 Å². The molecule has 0 aliphatic rings. The van der Waals surface area contributed by atoms with Crippen molar-refractivity contribution in [3.8, 4) is 0 Å². The summed E-state index contributed by atoms with van der Waals surface area (Å²) in [4.78, 5) is 38.2. The van der Waals surface area contributed by atoms with E-state index < -0.39 is 6.10 Å². The first kappa shape index (κ1) is 68.1. The topological polar surface area (TPSA) is 78.9 Å². The van der Waals surface area contributed by atoms with Crippen LogP contribution in [0.4, 0.5) is 0 Å². The van der Waals surface area contributed by atoms with Gasteiger partial charge in [0.1, 0.15) is 13.2 Å². The van der Waals surface area contributed by atoms with Gasteiger partial charge in [0.05, 0.1) is 0 Å². The Hall–Kier alpha value is -2.89. The maximum atomic E-state index is 12.9. The lowest BCUT2D eigenvalue weighted by Gasteiger charge is -2.18. The van der Waals surface area contributed by atoms with Gasteiger partial charge in [-0.2, -0.15) is 0 Å². The van der Waals surface area contributed by atoms with Crippen molar-refractivity contribution in [1.29, 1.82) is 0 Å². The first-order valence-corrected chi connectivity index (χ1v) is 30.8. The van der Waals surface area contributed by atoms with Crippen molar-refractivity contribution in [2.45, 2.75) is 322 Å². The number of unbranched alkanes of at least 4 members (excludes halogenated alkanes) is 35. The molecule has 0 saturated heterocycles. The molecule has 71 heavy (non-hydrogen) atoms. The molecule has 0 heterocycles. The van der Waals surface area contributed by atoms with Crippen molar-refractivity contribution in [1.82, 2.24) is 0 Å². The average molecular weight is 994 g/mol. The maximum Gasteiger partial charge on any atom is 0.306 e. The van der Waals surface area contributed by atoms with Crippen molar-refractivity contribution in [3.05, 3.63) is 60.8 Å². The van der Waals surface area contributed by atoms with Crippen LogP contribution in [-0.2, 0) is 28.6 Å². The van der Waals surface area contributed by atoms with E-state index >= 15 is 0 Å². The Morgan fingerprint density at radius 3 is 0.817 bits per heavy atom. The molecule has 0 unspecified atom stereocenters. The van der Waals surface area contributed by atoms with Crippen LogP contribution in [-0.4, -0.2) is 37.2 Å². The van der Waals surface area contributed by atoms with E-state index in [9.17, 15) is 14.4 Å². The fourth-order valence-electron chi connectivity index (χ4n) is 8.83. The fourth-order valence-corrected chi connectivity index (χ4v) is 8.83. The standard InChI is InChI=1S/C65H116O6/c1-4-7-10-13-16-19-22-25-28-30-31-32-33-35-38-41-44-47-50-53-56-59-65(68)71-62(60-69-63(66)57-54-51-48-45-42-39-36-27-24-21-18-15-12-9-6-3)61-70-64(67)58-55-52-49-46-43-40-37-34-29-26-23-20-17-14-11-8-5-2/h17-18,20-21,26-27,29,36-37,40,62H,4-16,19,22-25,28,30-35,38-39,41-61H2,1-3H3/b20-17-,21-18-,29-26-,36-27-,40-37-/t62-/m0/s1. The van der Waals surface area contributed by atoms with E-state index in [-0.39, 0.29) is 31.1 Å². The highest BCUT2D eigenvalue weighted by atomic mass is 16.6. The van der Waals surface area contributed by atoms with E-state index in [1.807, 2.05) is 0 Å². The van der Waals surface area contributed by atoms with Crippen LogP contribution in [0.5, 0.6) is 0 Å². The number of hydrogen-bond donors (Lipinski definition) is 0. The van der Waals surface area contributed by atoms with E-state index in [0.717, 1.165) is 103 Å². The Bertz CT molecular complexity index is 1280. The minimum absolute atomic E-state index is 0.0864. The number of carbonyl (C=O) groups excluding carboxylic acids is 3. The second kappa shape index (κ2) is 59.7. The third-order valence-corrected chi connectivity index (χ3v) is 13.5. The van der Waals surface area contributed by atoms with Gasteiger partial charge in [0, 0.05) is 19.3 Å². The van der Waals surface area contributed by atoms with Crippen LogP contribution in [0.3, 0.4) is 0 Å². The highest BCUT2D eigenvalue weighted by molar-refractivity contribution is 5.71.